The molecule has 1 saturated heterocycles. The van der Waals surface area contributed by atoms with Crippen molar-refractivity contribution in [2.75, 3.05) is 19.6 Å². The lowest BCUT2D eigenvalue weighted by Crippen LogP contribution is -2.45. The number of rotatable bonds is 6. The van der Waals surface area contributed by atoms with E-state index in [4.69, 9.17) is 0 Å². The molecule has 4 nitrogen and oxygen atoms in total. The van der Waals surface area contributed by atoms with E-state index in [0.29, 0.717) is 26.1 Å². The number of nitrogens with zero attached hydrogens (tertiary/aromatic N) is 1. The van der Waals surface area contributed by atoms with Crippen molar-refractivity contribution in [1.82, 2.24) is 10.2 Å². The fourth-order valence-electron chi connectivity index (χ4n) is 4.29. The lowest BCUT2D eigenvalue weighted by molar-refractivity contribution is -0.134. The number of likely N-dealkylation sites (tertiary alicyclic amines) is 1. The van der Waals surface area contributed by atoms with Crippen LogP contribution >= 0.6 is 0 Å². The Morgan fingerprint density at radius 3 is 2.54 bits per heavy atom. The maximum absolute atomic E-state index is 13.0. The lowest BCUT2D eigenvalue weighted by atomic mass is 9.79. The highest BCUT2D eigenvalue weighted by Crippen LogP contribution is 2.39. The van der Waals surface area contributed by atoms with Crippen molar-refractivity contribution in [2.45, 2.75) is 32.6 Å². The third kappa shape index (κ3) is 3.82. The van der Waals surface area contributed by atoms with Gasteiger partial charge in [0.05, 0.1) is 5.41 Å². The largest absolute Gasteiger partial charge is 0.356 e. The Hall–Kier alpha value is -2.62. The summed E-state index contributed by atoms with van der Waals surface area (Å²) in [7, 11) is 0. The SMILES string of the molecule is CCNC(=O)[C@@]1(Cc2cccc(-c3ccccc3)c2)CCN(C(=O)C2CC2)C1. The van der Waals surface area contributed by atoms with Gasteiger partial charge in [-0.1, -0.05) is 54.6 Å². The Morgan fingerprint density at radius 1 is 1.07 bits per heavy atom. The van der Waals surface area contributed by atoms with Gasteiger partial charge in [-0.05, 0) is 49.3 Å². The molecule has 0 radical (unpaired) electrons. The summed E-state index contributed by atoms with van der Waals surface area (Å²) in [5, 5.41) is 3.02. The van der Waals surface area contributed by atoms with Crippen molar-refractivity contribution in [3.05, 3.63) is 60.2 Å². The Kier molecular flexibility index (Phi) is 5.21. The Balaban J connectivity index is 1.58. The van der Waals surface area contributed by atoms with Crippen LogP contribution in [0.2, 0.25) is 0 Å². The summed E-state index contributed by atoms with van der Waals surface area (Å²) < 4.78 is 0. The van der Waals surface area contributed by atoms with Crippen LogP contribution in [0.15, 0.2) is 54.6 Å². The molecule has 1 aliphatic heterocycles. The maximum atomic E-state index is 13.0. The van der Waals surface area contributed by atoms with Crippen LogP contribution in [-0.4, -0.2) is 36.3 Å². The number of amides is 2. The molecule has 0 spiro atoms. The Bertz CT molecular complexity index is 860. The number of benzene rings is 2. The van der Waals surface area contributed by atoms with Gasteiger partial charge in [0.2, 0.25) is 11.8 Å². The molecule has 2 aliphatic rings. The fourth-order valence-corrected chi connectivity index (χ4v) is 4.29. The van der Waals surface area contributed by atoms with Crippen LogP contribution in [0.1, 0.15) is 31.7 Å². The van der Waals surface area contributed by atoms with Crippen LogP contribution < -0.4 is 5.32 Å². The molecular formula is C24H28N2O2. The van der Waals surface area contributed by atoms with E-state index < -0.39 is 5.41 Å². The summed E-state index contributed by atoms with van der Waals surface area (Å²) >= 11 is 0. The molecule has 2 aromatic rings. The first-order chi connectivity index (χ1) is 13.6. The van der Waals surface area contributed by atoms with Crippen LogP contribution in [0.3, 0.4) is 0 Å². The second-order valence-corrected chi connectivity index (χ2v) is 8.17. The van der Waals surface area contributed by atoms with Crippen LogP contribution in [0.5, 0.6) is 0 Å². The van der Waals surface area contributed by atoms with Crippen molar-refractivity contribution < 1.29 is 9.59 Å². The third-order valence-electron chi connectivity index (χ3n) is 5.99. The van der Waals surface area contributed by atoms with E-state index in [1.54, 1.807) is 0 Å². The molecular weight excluding hydrogens is 348 g/mol. The zero-order valence-corrected chi connectivity index (χ0v) is 16.5. The van der Waals surface area contributed by atoms with E-state index in [1.165, 1.54) is 5.56 Å². The highest BCUT2D eigenvalue weighted by molar-refractivity contribution is 5.87. The van der Waals surface area contributed by atoms with Crippen LogP contribution in [-0.2, 0) is 16.0 Å². The van der Waals surface area contributed by atoms with Crippen LogP contribution in [0.25, 0.3) is 11.1 Å². The number of hydrogen-bond acceptors (Lipinski definition) is 2. The summed E-state index contributed by atoms with van der Waals surface area (Å²) in [6.45, 7) is 3.78. The van der Waals surface area contributed by atoms with E-state index in [-0.39, 0.29) is 17.7 Å². The maximum Gasteiger partial charge on any atom is 0.228 e. The normalized spacial score (nSPS) is 21.5. The molecule has 146 valence electrons. The monoisotopic (exact) mass is 376 g/mol. The summed E-state index contributed by atoms with van der Waals surface area (Å²) in [6, 6.07) is 18.7. The molecule has 2 fully saturated rings. The third-order valence-corrected chi connectivity index (χ3v) is 5.99. The molecule has 1 N–H and O–H groups in total. The minimum Gasteiger partial charge on any atom is -0.356 e. The predicted octanol–water partition coefficient (Wildman–Crippen LogP) is 3.66. The van der Waals surface area contributed by atoms with Gasteiger partial charge in [-0.25, -0.2) is 0 Å². The first-order valence-electron chi connectivity index (χ1n) is 10.3. The van der Waals surface area contributed by atoms with Crippen molar-refractivity contribution in [3.8, 4) is 11.1 Å². The first-order valence-corrected chi connectivity index (χ1v) is 10.3. The number of carbonyl (C=O) groups excluding carboxylic acids is 2. The van der Waals surface area contributed by atoms with Crippen molar-refractivity contribution in [2.24, 2.45) is 11.3 Å². The highest BCUT2D eigenvalue weighted by atomic mass is 16.2. The minimum absolute atomic E-state index is 0.0752. The molecule has 0 unspecified atom stereocenters. The summed E-state index contributed by atoms with van der Waals surface area (Å²) in [4.78, 5) is 27.5. The molecule has 0 bridgehead atoms. The zero-order valence-electron chi connectivity index (χ0n) is 16.5. The molecule has 4 rings (SSSR count). The van der Waals surface area contributed by atoms with Crippen molar-refractivity contribution in [3.63, 3.8) is 0 Å². The quantitative estimate of drug-likeness (QED) is 0.836. The molecule has 4 heteroatoms. The van der Waals surface area contributed by atoms with Crippen LogP contribution in [0, 0.1) is 11.3 Å². The molecule has 2 amide bonds. The summed E-state index contributed by atoms with van der Waals surface area (Å²) in [6.07, 6.45) is 3.39. The standard InChI is InChI=1S/C24H28N2O2/c1-2-25-23(28)24(13-14-26(17-24)22(27)20-11-12-20)16-18-7-6-10-21(15-18)19-8-4-3-5-9-19/h3-10,15,20H,2,11-14,16-17H2,1H3,(H,25,28)/t24-/m1/s1. The van der Waals surface area contributed by atoms with E-state index in [9.17, 15) is 9.59 Å². The smallest absolute Gasteiger partial charge is 0.228 e. The lowest BCUT2D eigenvalue weighted by Gasteiger charge is -2.28. The molecule has 1 aliphatic carbocycles. The van der Waals surface area contributed by atoms with Crippen molar-refractivity contribution >= 4 is 11.8 Å². The van der Waals surface area contributed by atoms with Gasteiger partial charge in [-0.15, -0.1) is 0 Å². The van der Waals surface area contributed by atoms with E-state index in [0.717, 1.165) is 30.4 Å². The van der Waals surface area contributed by atoms with E-state index >= 15 is 0 Å². The first kappa shape index (κ1) is 18.7. The molecule has 1 saturated carbocycles. The fraction of sp³-hybridized carbons (Fsp3) is 0.417. The molecule has 0 aromatic heterocycles. The zero-order chi connectivity index (χ0) is 19.6. The predicted molar refractivity (Wildman–Crippen MR) is 111 cm³/mol. The summed E-state index contributed by atoms with van der Waals surface area (Å²) in [5.41, 5.74) is 2.95. The number of hydrogen-bond donors (Lipinski definition) is 1. The Morgan fingerprint density at radius 2 is 1.82 bits per heavy atom. The molecule has 1 heterocycles. The van der Waals surface area contributed by atoms with E-state index in [1.807, 2.05) is 30.0 Å². The topological polar surface area (TPSA) is 49.4 Å². The van der Waals surface area contributed by atoms with Gasteiger partial charge < -0.3 is 10.2 Å². The Labute approximate surface area is 166 Å². The van der Waals surface area contributed by atoms with Crippen LogP contribution in [0.4, 0.5) is 0 Å². The van der Waals surface area contributed by atoms with Gasteiger partial charge in [0.25, 0.3) is 0 Å². The average molecular weight is 377 g/mol. The minimum atomic E-state index is -0.532. The summed E-state index contributed by atoms with van der Waals surface area (Å²) in [5.74, 6) is 0.516. The van der Waals surface area contributed by atoms with Gasteiger partial charge in [0.1, 0.15) is 0 Å². The van der Waals surface area contributed by atoms with E-state index in [2.05, 4.69) is 41.7 Å². The van der Waals surface area contributed by atoms with Gasteiger partial charge in [-0.2, -0.15) is 0 Å². The molecule has 1 atom stereocenters. The van der Waals surface area contributed by atoms with Gasteiger partial charge in [0.15, 0.2) is 0 Å². The van der Waals surface area contributed by atoms with Gasteiger partial charge in [-0.3, -0.25) is 9.59 Å². The van der Waals surface area contributed by atoms with Crippen molar-refractivity contribution in [1.29, 1.82) is 0 Å². The van der Waals surface area contributed by atoms with Gasteiger partial charge >= 0.3 is 0 Å². The number of carbonyl (C=O) groups is 2. The molecule has 2 aromatic carbocycles. The highest BCUT2D eigenvalue weighted by Gasteiger charge is 2.47. The molecule has 28 heavy (non-hydrogen) atoms. The van der Waals surface area contributed by atoms with Gasteiger partial charge in [0, 0.05) is 25.6 Å². The average Bonchev–Trinajstić information content (AvgIpc) is 3.49. The second kappa shape index (κ2) is 7.78. The number of nitrogens with one attached hydrogen (secondary N) is 1. The second-order valence-electron chi connectivity index (χ2n) is 8.17.